The fraction of sp³-hybridized carbons (Fsp3) is 0.444. The maximum absolute atomic E-state index is 6.07. The first-order valence-electron chi connectivity index (χ1n) is 4.25. The zero-order valence-electron chi connectivity index (χ0n) is 7.00. The Hall–Kier alpha value is 0.130. The van der Waals surface area contributed by atoms with Crippen LogP contribution < -0.4 is 5.73 Å². The predicted octanol–water partition coefficient (Wildman–Crippen LogP) is 2.75. The van der Waals surface area contributed by atoms with Gasteiger partial charge in [0.25, 0.3) is 0 Å². The van der Waals surface area contributed by atoms with Gasteiger partial charge in [-0.1, -0.05) is 11.6 Å². The SMILES string of the molecule is N[C@@H](c1c(I)ccnc1Cl)C1CC1. The molecule has 0 bridgehead atoms. The summed E-state index contributed by atoms with van der Waals surface area (Å²) in [5.74, 6) is 0.621. The van der Waals surface area contributed by atoms with Crippen LogP contribution in [-0.4, -0.2) is 4.98 Å². The van der Waals surface area contributed by atoms with E-state index in [9.17, 15) is 0 Å². The summed E-state index contributed by atoms with van der Waals surface area (Å²) >= 11 is 8.26. The molecule has 1 saturated carbocycles. The standard InChI is InChI=1S/C9H10ClIN2/c10-9-7(6(11)3-4-13-9)8(12)5-1-2-5/h3-5,8H,1-2,12H2/t8-/m1/s1. The van der Waals surface area contributed by atoms with E-state index in [0.717, 1.165) is 9.13 Å². The highest BCUT2D eigenvalue weighted by Crippen LogP contribution is 2.42. The Morgan fingerprint density at radius 3 is 2.85 bits per heavy atom. The summed E-state index contributed by atoms with van der Waals surface area (Å²) < 4.78 is 1.12. The molecule has 13 heavy (non-hydrogen) atoms. The quantitative estimate of drug-likeness (QED) is 0.674. The number of hydrogen-bond donors (Lipinski definition) is 1. The fourth-order valence-electron chi connectivity index (χ4n) is 1.41. The number of pyridine rings is 1. The van der Waals surface area contributed by atoms with Crippen molar-refractivity contribution in [2.45, 2.75) is 18.9 Å². The first-order valence-corrected chi connectivity index (χ1v) is 5.71. The summed E-state index contributed by atoms with van der Waals surface area (Å²) in [5, 5.41) is 0.561. The molecular formula is C9H10ClIN2. The average Bonchev–Trinajstić information content (AvgIpc) is 2.85. The van der Waals surface area contributed by atoms with E-state index >= 15 is 0 Å². The third-order valence-electron chi connectivity index (χ3n) is 2.35. The van der Waals surface area contributed by atoms with Crippen LogP contribution in [0.1, 0.15) is 24.4 Å². The number of nitrogens with zero attached hydrogens (tertiary/aromatic N) is 1. The van der Waals surface area contributed by atoms with Gasteiger partial charge in [0, 0.05) is 21.4 Å². The van der Waals surface area contributed by atoms with E-state index in [0.29, 0.717) is 11.1 Å². The van der Waals surface area contributed by atoms with E-state index in [1.54, 1.807) is 6.20 Å². The first-order chi connectivity index (χ1) is 6.20. The highest BCUT2D eigenvalue weighted by Gasteiger charge is 2.32. The molecule has 1 aliphatic rings. The van der Waals surface area contributed by atoms with Crippen LogP contribution in [0.15, 0.2) is 12.3 Å². The summed E-state index contributed by atoms with van der Waals surface area (Å²) in [4.78, 5) is 4.05. The molecule has 1 fully saturated rings. The molecule has 0 amide bonds. The number of nitrogens with two attached hydrogens (primary N) is 1. The van der Waals surface area contributed by atoms with Gasteiger partial charge in [0.1, 0.15) is 5.15 Å². The van der Waals surface area contributed by atoms with Gasteiger partial charge in [-0.15, -0.1) is 0 Å². The number of aromatic nitrogens is 1. The third-order valence-corrected chi connectivity index (χ3v) is 3.59. The van der Waals surface area contributed by atoms with Crippen LogP contribution in [0.4, 0.5) is 0 Å². The van der Waals surface area contributed by atoms with Crippen molar-refractivity contribution in [3.63, 3.8) is 0 Å². The van der Waals surface area contributed by atoms with Gasteiger partial charge < -0.3 is 5.73 Å². The van der Waals surface area contributed by atoms with Crippen LogP contribution in [0.5, 0.6) is 0 Å². The molecule has 70 valence electrons. The Kier molecular flexibility index (Phi) is 2.76. The summed E-state index contributed by atoms with van der Waals surface area (Å²) in [7, 11) is 0. The fourth-order valence-corrected chi connectivity index (χ4v) is 2.63. The van der Waals surface area contributed by atoms with Gasteiger partial charge in [-0.25, -0.2) is 4.98 Å². The summed E-state index contributed by atoms with van der Waals surface area (Å²) in [6.07, 6.45) is 4.16. The van der Waals surface area contributed by atoms with Crippen LogP contribution in [0.2, 0.25) is 5.15 Å². The number of hydrogen-bond acceptors (Lipinski definition) is 2. The van der Waals surface area contributed by atoms with Crippen molar-refractivity contribution >= 4 is 34.2 Å². The second kappa shape index (κ2) is 3.71. The second-order valence-electron chi connectivity index (χ2n) is 3.36. The maximum Gasteiger partial charge on any atom is 0.134 e. The van der Waals surface area contributed by atoms with Gasteiger partial charge in [-0.05, 0) is 47.4 Å². The van der Waals surface area contributed by atoms with Gasteiger partial charge in [-0.2, -0.15) is 0 Å². The van der Waals surface area contributed by atoms with Crippen molar-refractivity contribution in [1.29, 1.82) is 0 Å². The molecular weight excluding hydrogens is 298 g/mol. The topological polar surface area (TPSA) is 38.9 Å². The average molecular weight is 309 g/mol. The van der Waals surface area contributed by atoms with Crippen molar-refractivity contribution in [1.82, 2.24) is 4.98 Å². The highest BCUT2D eigenvalue weighted by molar-refractivity contribution is 14.1. The van der Waals surface area contributed by atoms with Crippen LogP contribution in [-0.2, 0) is 0 Å². The molecule has 2 nitrogen and oxygen atoms in total. The molecule has 4 heteroatoms. The molecule has 1 aromatic heterocycles. The number of rotatable bonds is 2. The second-order valence-corrected chi connectivity index (χ2v) is 4.88. The lowest BCUT2D eigenvalue weighted by Gasteiger charge is -2.13. The van der Waals surface area contributed by atoms with E-state index in [1.165, 1.54) is 12.8 Å². The molecule has 2 N–H and O–H groups in total. The van der Waals surface area contributed by atoms with E-state index in [1.807, 2.05) is 6.07 Å². The lowest BCUT2D eigenvalue weighted by molar-refractivity contribution is 0.628. The summed E-state index contributed by atoms with van der Waals surface area (Å²) in [6.45, 7) is 0. The van der Waals surface area contributed by atoms with Crippen molar-refractivity contribution in [2.75, 3.05) is 0 Å². The van der Waals surface area contributed by atoms with E-state index in [2.05, 4.69) is 27.6 Å². The Labute approximate surface area is 96.0 Å². The molecule has 1 atom stereocenters. The summed E-state index contributed by atoms with van der Waals surface area (Å²) in [6, 6.07) is 2.03. The molecule has 1 aliphatic carbocycles. The van der Waals surface area contributed by atoms with Gasteiger partial charge >= 0.3 is 0 Å². The van der Waals surface area contributed by atoms with Crippen LogP contribution >= 0.6 is 34.2 Å². The highest BCUT2D eigenvalue weighted by atomic mass is 127. The molecule has 0 aliphatic heterocycles. The zero-order chi connectivity index (χ0) is 9.42. The van der Waals surface area contributed by atoms with Crippen molar-refractivity contribution in [3.05, 3.63) is 26.5 Å². The largest absolute Gasteiger partial charge is 0.324 e. The van der Waals surface area contributed by atoms with Crippen molar-refractivity contribution < 1.29 is 0 Å². The van der Waals surface area contributed by atoms with E-state index in [4.69, 9.17) is 17.3 Å². The molecule has 0 unspecified atom stereocenters. The zero-order valence-corrected chi connectivity index (χ0v) is 9.92. The maximum atomic E-state index is 6.07. The molecule has 2 rings (SSSR count). The molecule has 0 spiro atoms. The first kappa shape index (κ1) is 9.68. The van der Waals surface area contributed by atoms with Crippen molar-refractivity contribution in [2.24, 2.45) is 11.7 Å². The van der Waals surface area contributed by atoms with Crippen LogP contribution in [0, 0.1) is 9.49 Å². The van der Waals surface area contributed by atoms with Crippen LogP contribution in [0.3, 0.4) is 0 Å². The van der Waals surface area contributed by atoms with E-state index < -0.39 is 0 Å². The third kappa shape index (κ3) is 1.97. The van der Waals surface area contributed by atoms with Gasteiger partial charge in [0.05, 0.1) is 0 Å². The monoisotopic (exact) mass is 308 g/mol. The Bertz CT molecular complexity index is 305. The normalized spacial score (nSPS) is 18.7. The minimum atomic E-state index is 0.0769. The lowest BCUT2D eigenvalue weighted by Crippen LogP contribution is -2.14. The van der Waals surface area contributed by atoms with Crippen molar-refractivity contribution in [3.8, 4) is 0 Å². The Morgan fingerprint density at radius 1 is 1.62 bits per heavy atom. The van der Waals surface area contributed by atoms with Gasteiger partial charge in [0.15, 0.2) is 0 Å². The molecule has 1 aromatic rings. The molecule has 1 heterocycles. The minimum Gasteiger partial charge on any atom is -0.324 e. The van der Waals surface area contributed by atoms with Crippen LogP contribution in [0.25, 0.3) is 0 Å². The number of halogens is 2. The van der Waals surface area contributed by atoms with Gasteiger partial charge in [-0.3, -0.25) is 0 Å². The Morgan fingerprint density at radius 2 is 2.31 bits per heavy atom. The van der Waals surface area contributed by atoms with Gasteiger partial charge in [0.2, 0.25) is 0 Å². The smallest absolute Gasteiger partial charge is 0.134 e. The van der Waals surface area contributed by atoms with E-state index in [-0.39, 0.29) is 6.04 Å². The lowest BCUT2D eigenvalue weighted by atomic mass is 10.1. The predicted molar refractivity (Wildman–Crippen MR) is 61.6 cm³/mol. The molecule has 0 radical (unpaired) electrons. The Balaban J connectivity index is 2.36. The molecule has 0 saturated heterocycles. The minimum absolute atomic E-state index is 0.0769. The molecule has 0 aromatic carbocycles. The summed E-state index contributed by atoms with van der Waals surface area (Å²) in [5.41, 5.74) is 7.09.